The van der Waals surface area contributed by atoms with Crippen LogP contribution in [-0.2, 0) is 13.6 Å². The van der Waals surface area contributed by atoms with Crippen molar-refractivity contribution < 1.29 is 4.57 Å². The molecule has 1 aliphatic carbocycles. The van der Waals surface area contributed by atoms with E-state index >= 15 is 0 Å². The zero-order chi connectivity index (χ0) is 24.9. The molecule has 1 fully saturated rings. The predicted octanol–water partition coefficient (Wildman–Crippen LogP) is 4.40. The number of anilines is 3. The monoisotopic (exact) mass is 490 g/mol. The number of aromatic nitrogens is 5. The minimum atomic E-state index is -0.0519. The standard InChI is InChI=1S/C29H27N7O/c1-34-28(37)25-26(31-21-8-3-2-4-9-21)35(33-27(25)36-24-12-7-11-23(24)32-29(34)36)18-19-13-15-20(16-14-19)22-10-5-6-17-30-22/h2-6,8-10,13-17,23-24H,7,11-12,18H2,1H3,(H,31,33,37)/p+1/t23-,24+/m1/s1. The quantitative estimate of drug-likeness (QED) is 0.357. The van der Waals surface area contributed by atoms with Gasteiger partial charge < -0.3 is 5.32 Å². The number of fused-ring (bicyclic) bond motifs is 5. The van der Waals surface area contributed by atoms with E-state index in [1.54, 1.807) is 10.8 Å². The van der Waals surface area contributed by atoms with Crippen LogP contribution >= 0.6 is 0 Å². The summed E-state index contributed by atoms with van der Waals surface area (Å²) < 4.78 is 5.93. The molecule has 184 valence electrons. The molecule has 5 aromatic rings. The SMILES string of the molecule is Cn1c2[n+](c3nn(Cc4ccc(-c5ccccn5)cc4)c(Nc4ccccc4)c3c1=O)[C@H]1CCC[C@H]1N2. The van der Waals surface area contributed by atoms with E-state index in [1.165, 1.54) is 6.42 Å². The maximum absolute atomic E-state index is 13.7. The highest BCUT2D eigenvalue weighted by Gasteiger charge is 2.44. The fraction of sp³-hybridized carbons (Fsp3) is 0.241. The Morgan fingerprint density at radius 2 is 1.84 bits per heavy atom. The van der Waals surface area contributed by atoms with Gasteiger partial charge in [-0.2, -0.15) is 4.68 Å². The lowest BCUT2D eigenvalue weighted by Gasteiger charge is -2.10. The molecule has 2 N–H and O–H groups in total. The van der Waals surface area contributed by atoms with E-state index in [0.29, 0.717) is 29.8 Å². The number of nitrogens with one attached hydrogen (secondary N) is 2. The van der Waals surface area contributed by atoms with E-state index in [9.17, 15) is 4.79 Å². The zero-order valence-electron chi connectivity index (χ0n) is 20.6. The number of pyridine rings is 1. The molecule has 8 heteroatoms. The highest BCUT2D eigenvalue weighted by atomic mass is 16.1. The van der Waals surface area contributed by atoms with Crippen molar-refractivity contribution in [2.45, 2.75) is 37.9 Å². The molecule has 4 heterocycles. The van der Waals surface area contributed by atoms with E-state index in [1.807, 2.05) is 60.3 Å². The van der Waals surface area contributed by atoms with Crippen LogP contribution in [0.2, 0.25) is 0 Å². The Labute approximate surface area is 214 Å². The van der Waals surface area contributed by atoms with Crippen LogP contribution in [0.3, 0.4) is 0 Å². The smallest absolute Gasteiger partial charge is 0.320 e. The van der Waals surface area contributed by atoms with Crippen molar-refractivity contribution in [1.82, 2.24) is 19.3 Å². The van der Waals surface area contributed by atoms with Gasteiger partial charge in [0.05, 0.1) is 25.3 Å². The maximum Gasteiger partial charge on any atom is 0.320 e. The van der Waals surface area contributed by atoms with Gasteiger partial charge in [-0.15, -0.1) is 0 Å². The molecule has 2 aliphatic rings. The van der Waals surface area contributed by atoms with Gasteiger partial charge in [-0.1, -0.05) is 48.5 Å². The molecular formula is C29H28N7O+. The normalized spacial score (nSPS) is 18.0. The first-order chi connectivity index (χ1) is 18.2. The van der Waals surface area contributed by atoms with E-state index < -0.39 is 0 Å². The summed E-state index contributed by atoms with van der Waals surface area (Å²) in [6, 6.07) is 24.9. The van der Waals surface area contributed by atoms with Gasteiger partial charge in [0, 0.05) is 17.4 Å². The van der Waals surface area contributed by atoms with Crippen molar-refractivity contribution in [3.05, 3.63) is 94.9 Å². The summed E-state index contributed by atoms with van der Waals surface area (Å²) in [6.45, 7) is 0.534. The van der Waals surface area contributed by atoms with Crippen LogP contribution in [0, 0.1) is 0 Å². The number of benzene rings is 2. The molecule has 3 aromatic heterocycles. The molecule has 0 saturated heterocycles. The summed E-state index contributed by atoms with van der Waals surface area (Å²) in [5, 5.41) is 12.8. The third-order valence-corrected chi connectivity index (χ3v) is 7.64. The molecule has 0 spiro atoms. The van der Waals surface area contributed by atoms with Crippen LogP contribution in [0.4, 0.5) is 17.5 Å². The lowest BCUT2D eigenvalue weighted by Crippen LogP contribution is -2.42. The first-order valence-corrected chi connectivity index (χ1v) is 12.8. The molecule has 2 atom stereocenters. The van der Waals surface area contributed by atoms with Gasteiger partial charge in [0.15, 0.2) is 11.2 Å². The first-order valence-electron chi connectivity index (χ1n) is 12.8. The highest BCUT2D eigenvalue weighted by molar-refractivity contribution is 5.88. The molecule has 2 aromatic carbocycles. The van der Waals surface area contributed by atoms with Crippen molar-refractivity contribution in [3.63, 3.8) is 0 Å². The zero-order valence-corrected chi connectivity index (χ0v) is 20.6. The van der Waals surface area contributed by atoms with E-state index in [2.05, 4.69) is 44.5 Å². The molecule has 0 bridgehead atoms. The summed E-state index contributed by atoms with van der Waals surface area (Å²) in [7, 11) is 1.85. The van der Waals surface area contributed by atoms with Gasteiger partial charge in [0.25, 0.3) is 5.65 Å². The van der Waals surface area contributed by atoms with Gasteiger partial charge in [-0.25, -0.2) is 9.13 Å². The van der Waals surface area contributed by atoms with E-state index in [-0.39, 0.29) is 5.56 Å². The second-order valence-corrected chi connectivity index (χ2v) is 9.91. The van der Waals surface area contributed by atoms with E-state index in [0.717, 1.165) is 46.9 Å². The van der Waals surface area contributed by atoms with Crippen molar-refractivity contribution in [2.24, 2.45) is 7.05 Å². The Kier molecular flexibility index (Phi) is 5.06. The Morgan fingerprint density at radius 1 is 1.03 bits per heavy atom. The van der Waals surface area contributed by atoms with Gasteiger partial charge in [0.2, 0.25) is 0 Å². The molecule has 8 nitrogen and oxygen atoms in total. The van der Waals surface area contributed by atoms with Gasteiger partial charge in [0.1, 0.15) is 6.04 Å². The summed E-state index contributed by atoms with van der Waals surface area (Å²) in [4.78, 5) is 18.2. The van der Waals surface area contributed by atoms with Crippen LogP contribution in [0.5, 0.6) is 0 Å². The number of nitrogens with zero attached hydrogens (tertiary/aromatic N) is 5. The average Bonchev–Trinajstić information content (AvgIpc) is 3.63. The summed E-state index contributed by atoms with van der Waals surface area (Å²) >= 11 is 0. The molecule has 0 amide bonds. The molecular weight excluding hydrogens is 462 g/mol. The van der Waals surface area contributed by atoms with E-state index in [4.69, 9.17) is 5.10 Å². The number of hydrogen-bond donors (Lipinski definition) is 2. The van der Waals surface area contributed by atoms with Crippen LogP contribution in [0.15, 0.2) is 83.8 Å². The van der Waals surface area contributed by atoms with Gasteiger partial charge in [-0.05, 0) is 54.2 Å². The van der Waals surface area contributed by atoms with Crippen LogP contribution in [0.1, 0.15) is 30.9 Å². The van der Waals surface area contributed by atoms with Crippen molar-refractivity contribution >= 4 is 28.5 Å². The Morgan fingerprint density at radius 3 is 2.62 bits per heavy atom. The Bertz CT molecular complexity index is 1660. The van der Waals surface area contributed by atoms with Crippen LogP contribution in [0.25, 0.3) is 22.3 Å². The third-order valence-electron chi connectivity index (χ3n) is 7.64. The van der Waals surface area contributed by atoms with Gasteiger partial charge >= 0.3 is 11.5 Å². The highest BCUT2D eigenvalue weighted by Crippen LogP contribution is 2.35. The largest absolute Gasteiger partial charge is 0.339 e. The number of rotatable bonds is 5. The molecule has 1 saturated carbocycles. The Hall–Kier alpha value is -4.46. The van der Waals surface area contributed by atoms with Crippen molar-refractivity contribution in [1.29, 1.82) is 0 Å². The Balaban J connectivity index is 1.36. The second-order valence-electron chi connectivity index (χ2n) is 9.91. The van der Waals surface area contributed by atoms with Crippen LogP contribution in [-0.4, -0.2) is 25.4 Å². The predicted molar refractivity (Wildman–Crippen MR) is 144 cm³/mol. The summed E-state index contributed by atoms with van der Waals surface area (Å²) in [5.74, 6) is 1.56. The molecule has 7 rings (SSSR count). The maximum atomic E-state index is 13.7. The summed E-state index contributed by atoms with van der Waals surface area (Å²) in [5.41, 5.74) is 4.71. The second kappa shape index (κ2) is 8.58. The minimum absolute atomic E-state index is 0.0519. The van der Waals surface area contributed by atoms with Gasteiger partial charge in [-0.3, -0.25) is 15.1 Å². The van der Waals surface area contributed by atoms with Crippen molar-refractivity contribution in [3.8, 4) is 11.3 Å². The molecule has 37 heavy (non-hydrogen) atoms. The topological polar surface area (TPSA) is 80.7 Å². The molecule has 1 aliphatic heterocycles. The third kappa shape index (κ3) is 3.59. The number of para-hydroxylation sites is 1. The van der Waals surface area contributed by atoms with Crippen LogP contribution < -0.4 is 20.8 Å². The number of hydrogen-bond acceptors (Lipinski definition) is 5. The lowest BCUT2D eigenvalue weighted by molar-refractivity contribution is -0.678. The average molecular weight is 491 g/mol. The molecule has 0 unspecified atom stereocenters. The lowest BCUT2D eigenvalue weighted by atomic mass is 10.1. The van der Waals surface area contributed by atoms with Crippen molar-refractivity contribution in [2.75, 3.05) is 10.6 Å². The summed E-state index contributed by atoms with van der Waals surface area (Å²) in [6.07, 6.45) is 5.18. The fourth-order valence-corrected chi connectivity index (χ4v) is 5.79. The fourth-order valence-electron chi connectivity index (χ4n) is 5.79. The molecule has 0 radical (unpaired) electrons. The first kappa shape index (κ1) is 21.8. The minimum Gasteiger partial charge on any atom is -0.339 e.